The van der Waals surface area contributed by atoms with Gasteiger partial charge in [0.15, 0.2) is 0 Å². The van der Waals surface area contributed by atoms with Crippen molar-refractivity contribution in [1.29, 1.82) is 0 Å². The number of allylic oxidation sites excluding steroid dienone is 1. The highest BCUT2D eigenvalue weighted by atomic mass is 16.6. The molecule has 0 aromatic rings. The lowest BCUT2D eigenvalue weighted by Gasteiger charge is -2.42. The number of hydrogen-bond acceptors (Lipinski definition) is 7. The number of carbonyl (C=O) groups excluding carboxylic acids is 1. The van der Waals surface area contributed by atoms with Crippen LogP contribution in [0.15, 0.2) is 11.6 Å². The minimum atomic E-state index is -0.334. The molecule has 2 heterocycles. The minimum absolute atomic E-state index is 0.0393. The van der Waals surface area contributed by atoms with Gasteiger partial charge in [0.05, 0.1) is 30.8 Å². The summed E-state index contributed by atoms with van der Waals surface area (Å²) in [6.45, 7) is 11.7. The minimum Gasteiger partial charge on any atom is -0.459 e. The van der Waals surface area contributed by atoms with Crippen LogP contribution in [0.25, 0.3) is 0 Å². The van der Waals surface area contributed by atoms with Gasteiger partial charge in [0.2, 0.25) is 0 Å². The van der Waals surface area contributed by atoms with Crippen molar-refractivity contribution in [3.05, 3.63) is 11.6 Å². The zero-order valence-electron chi connectivity index (χ0n) is 19.6. The summed E-state index contributed by atoms with van der Waals surface area (Å²) in [4.78, 5) is 12.5. The van der Waals surface area contributed by atoms with Crippen LogP contribution in [0.4, 0.5) is 0 Å². The van der Waals surface area contributed by atoms with Crippen molar-refractivity contribution in [1.82, 2.24) is 5.32 Å². The van der Waals surface area contributed by atoms with Gasteiger partial charge < -0.3 is 29.0 Å². The van der Waals surface area contributed by atoms with Gasteiger partial charge in [0.1, 0.15) is 23.4 Å². The molecule has 6 atom stereocenters. The van der Waals surface area contributed by atoms with E-state index < -0.39 is 0 Å². The first-order valence-corrected chi connectivity index (χ1v) is 11.0. The van der Waals surface area contributed by atoms with E-state index in [4.69, 9.17) is 23.7 Å². The lowest BCUT2D eigenvalue weighted by molar-refractivity contribution is -0.171. The number of esters is 1. The van der Waals surface area contributed by atoms with Gasteiger partial charge in [0, 0.05) is 20.8 Å². The summed E-state index contributed by atoms with van der Waals surface area (Å²) in [5.41, 5.74) is 0.417. The molecule has 0 amide bonds. The summed E-state index contributed by atoms with van der Waals surface area (Å²) in [5.74, 6) is -0.235. The Morgan fingerprint density at radius 2 is 2.00 bits per heavy atom. The van der Waals surface area contributed by atoms with E-state index in [0.29, 0.717) is 6.54 Å². The van der Waals surface area contributed by atoms with Gasteiger partial charge in [-0.2, -0.15) is 0 Å². The van der Waals surface area contributed by atoms with Gasteiger partial charge >= 0.3 is 5.97 Å². The lowest BCUT2D eigenvalue weighted by Crippen LogP contribution is -2.56. The zero-order valence-corrected chi connectivity index (χ0v) is 19.6. The summed E-state index contributed by atoms with van der Waals surface area (Å²) in [5, 5.41) is 3.12. The predicted octanol–water partition coefficient (Wildman–Crippen LogP) is 2.62. The number of epoxide rings is 2. The maximum atomic E-state index is 12.5. The van der Waals surface area contributed by atoms with E-state index in [1.54, 1.807) is 14.2 Å². The largest absolute Gasteiger partial charge is 0.459 e. The molecule has 7 heteroatoms. The van der Waals surface area contributed by atoms with Gasteiger partial charge in [-0.3, -0.25) is 4.79 Å². The molecule has 0 unspecified atom stereocenters. The second-order valence-electron chi connectivity index (χ2n) is 9.97. The van der Waals surface area contributed by atoms with Crippen LogP contribution in [-0.4, -0.2) is 75.0 Å². The molecule has 3 aliphatic rings. The highest BCUT2D eigenvalue weighted by Gasteiger charge is 2.72. The van der Waals surface area contributed by atoms with Crippen molar-refractivity contribution in [2.24, 2.45) is 5.92 Å². The van der Waals surface area contributed by atoms with Crippen LogP contribution < -0.4 is 5.32 Å². The van der Waals surface area contributed by atoms with Gasteiger partial charge in [-0.15, -0.1) is 0 Å². The molecular formula is C23H39NO6. The Labute approximate surface area is 180 Å². The maximum absolute atomic E-state index is 12.5. The molecule has 1 aliphatic carbocycles. The van der Waals surface area contributed by atoms with E-state index in [2.05, 4.69) is 32.2 Å². The quantitative estimate of drug-likeness (QED) is 0.327. The normalized spacial score (nSPS) is 37.7. The molecule has 30 heavy (non-hydrogen) atoms. The van der Waals surface area contributed by atoms with Crippen molar-refractivity contribution in [2.45, 2.75) is 89.0 Å². The molecule has 0 aromatic heterocycles. The fourth-order valence-electron chi connectivity index (χ4n) is 4.82. The summed E-state index contributed by atoms with van der Waals surface area (Å²) >= 11 is 0. The summed E-state index contributed by atoms with van der Waals surface area (Å²) in [6, 6.07) is 0. The van der Waals surface area contributed by atoms with Crippen LogP contribution in [0.5, 0.6) is 0 Å². The number of nitrogens with one attached hydrogen (secondary N) is 1. The Morgan fingerprint density at radius 3 is 2.57 bits per heavy atom. The van der Waals surface area contributed by atoms with Crippen LogP contribution >= 0.6 is 0 Å². The van der Waals surface area contributed by atoms with E-state index in [0.717, 1.165) is 25.9 Å². The number of methoxy groups -OCH3 is 2. The third-order valence-electron chi connectivity index (χ3n) is 6.89. The molecule has 0 bridgehead atoms. The van der Waals surface area contributed by atoms with E-state index in [1.165, 1.54) is 5.57 Å². The molecular weight excluding hydrogens is 386 g/mol. The molecule has 3 rings (SSSR count). The topological polar surface area (TPSA) is 81.9 Å². The van der Waals surface area contributed by atoms with Crippen molar-refractivity contribution in [2.75, 3.05) is 33.9 Å². The average Bonchev–Trinajstić information content (AvgIpc) is 3.59. The Morgan fingerprint density at radius 1 is 1.30 bits per heavy atom. The summed E-state index contributed by atoms with van der Waals surface area (Å²) < 4.78 is 29.3. The monoisotopic (exact) mass is 425 g/mol. The van der Waals surface area contributed by atoms with Crippen molar-refractivity contribution >= 4 is 5.97 Å². The number of hydrogen-bond donors (Lipinski definition) is 1. The molecule has 2 aliphatic heterocycles. The first-order chi connectivity index (χ1) is 14.1. The molecule has 2 saturated heterocycles. The fourth-order valence-corrected chi connectivity index (χ4v) is 4.82. The highest BCUT2D eigenvalue weighted by molar-refractivity contribution is 5.72. The predicted molar refractivity (Wildman–Crippen MR) is 113 cm³/mol. The first-order valence-electron chi connectivity index (χ1n) is 11.0. The second-order valence-corrected chi connectivity index (χ2v) is 9.97. The van der Waals surface area contributed by atoms with E-state index in [9.17, 15) is 4.79 Å². The lowest BCUT2D eigenvalue weighted by atomic mass is 9.68. The standard InChI is InChI=1S/C23H39NO6/c1-15(2)8-9-17-22(5,30-17)20-19(26-6)16(10-11-23(20)14-28-23)29-18(25)12-24-13-21(3,4)27-7/h8,16-17,19-20,24H,9-14H2,1-7H3/t16-,17-,19-,20-,22-,23+/m1/s1. The van der Waals surface area contributed by atoms with Gasteiger partial charge in [-0.25, -0.2) is 0 Å². The van der Waals surface area contributed by atoms with Crippen LogP contribution in [-0.2, 0) is 28.5 Å². The molecule has 1 N–H and O–H groups in total. The fraction of sp³-hybridized carbons (Fsp3) is 0.870. The third kappa shape index (κ3) is 5.07. The Kier molecular flexibility index (Phi) is 6.99. The zero-order chi connectivity index (χ0) is 22.2. The molecule has 1 spiro atoms. The SMILES string of the molecule is CO[C@@H]1[C@H](OC(=O)CNCC(C)(C)OC)CC[C@]2(CO2)[C@H]1[C@]1(C)O[C@@H]1CC=C(C)C. The van der Waals surface area contributed by atoms with Crippen molar-refractivity contribution < 1.29 is 28.5 Å². The summed E-state index contributed by atoms with van der Waals surface area (Å²) in [6.07, 6.45) is 4.28. The van der Waals surface area contributed by atoms with E-state index >= 15 is 0 Å². The number of ether oxygens (including phenoxy) is 5. The smallest absolute Gasteiger partial charge is 0.320 e. The van der Waals surface area contributed by atoms with Crippen molar-refractivity contribution in [3.63, 3.8) is 0 Å². The Bertz CT molecular complexity index is 654. The van der Waals surface area contributed by atoms with E-state index in [-0.39, 0.29) is 53.5 Å². The molecule has 7 nitrogen and oxygen atoms in total. The molecule has 3 fully saturated rings. The van der Waals surface area contributed by atoms with Crippen molar-refractivity contribution in [3.8, 4) is 0 Å². The van der Waals surface area contributed by atoms with Crippen LogP contribution in [0, 0.1) is 5.92 Å². The Hall–Kier alpha value is -0.990. The van der Waals surface area contributed by atoms with Crippen LogP contribution in [0.1, 0.15) is 53.9 Å². The Balaban J connectivity index is 1.62. The van der Waals surface area contributed by atoms with Gasteiger partial charge in [-0.05, 0) is 53.9 Å². The van der Waals surface area contributed by atoms with Gasteiger partial charge in [0.25, 0.3) is 0 Å². The van der Waals surface area contributed by atoms with Crippen LogP contribution in [0.2, 0.25) is 0 Å². The van der Waals surface area contributed by atoms with Gasteiger partial charge in [-0.1, -0.05) is 11.6 Å². The summed E-state index contributed by atoms with van der Waals surface area (Å²) in [7, 11) is 3.35. The number of carbonyl (C=O) groups is 1. The average molecular weight is 426 g/mol. The van der Waals surface area contributed by atoms with E-state index in [1.807, 2.05) is 13.8 Å². The molecule has 0 radical (unpaired) electrons. The third-order valence-corrected chi connectivity index (χ3v) is 6.89. The molecule has 1 saturated carbocycles. The maximum Gasteiger partial charge on any atom is 0.320 e. The second kappa shape index (κ2) is 8.87. The highest BCUT2D eigenvalue weighted by Crippen LogP contribution is 2.59. The number of rotatable bonds is 10. The van der Waals surface area contributed by atoms with Crippen LogP contribution in [0.3, 0.4) is 0 Å². The first kappa shape index (κ1) is 23.7. The molecule has 172 valence electrons. The molecule has 0 aromatic carbocycles.